The molecule has 5 rings (SSSR count). The molecule has 0 atom stereocenters. The fourth-order valence-electron chi connectivity index (χ4n) is 5.42. The van der Waals surface area contributed by atoms with E-state index in [0.717, 1.165) is 11.8 Å². The first-order valence-corrected chi connectivity index (χ1v) is 13.3. The van der Waals surface area contributed by atoms with E-state index in [1.54, 1.807) is 21.7 Å². The Morgan fingerprint density at radius 1 is 1.18 bits per heavy atom. The molecule has 0 radical (unpaired) electrons. The highest BCUT2D eigenvalue weighted by molar-refractivity contribution is 6.31. The molecule has 8 nitrogen and oxygen atoms in total. The van der Waals surface area contributed by atoms with Crippen LogP contribution in [0.25, 0.3) is 16.9 Å². The van der Waals surface area contributed by atoms with E-state index in [-0.39, 0.29) is 40.3 Å². The summed E-state index contributed by atoms with van der Waals surface area (Å²) in [5.41, 5.74) is 2.42. The van der Waals surface area contributed by atoms with Gasteiger partial charge in [-0.25, -0.2) is 13.9 Å². The maximum Gasteiger partial charge on any atom is 0.274 e. The third-order valence-corrected chi connectivity index (χ3v) is 7.98. The molecule has 200 valence electrons. The maximum atomic E-state index is 13.7. The van der Waals surface area contributed by atoms with Crippen molar-refractivity contribution in [1.29, 1.82) is 0 Å². The van der Waals surface area contributed by atoms with Gasteiger partial charge in [-0.05, 0) is 56.9 Å². The summed E-state index contributed by atoms with van der Waals surface area (Å²) in [4.78, 5) is 45.8. The molecule has 0 N–H and O–H groups in total. The number of rotatable bonds is 5. The first-order valence-electron chi connectivity index (χ1n) is 12.9. The van der Waals surface area contributed by atoms with Crippen LogP contribution in [0.15, 0.2) is 30.5 Å². The van der Waals surface area contributed by atoms with Gasteiger partial charge in [-0.3, -0.25) is 9.59 Å². The van der Waals surface area contributed by atoms with Crippen molar-refractivity contribution in [3.05, 3.63) is 52.6 Å². The topological polar surface area (TPSA) is 87.9 Å². The van der Waals surface area contributed by atoms with Gasteiger partial charge in [0.25, 0.3) is 5.91 Å². The number of benzene rings is 1. The quantitative estimate of drug-likeness (QED) is 0.442. The van der Waals surface area contributed by atoms with E-state index >= 15 is 0 Å². The lowest BCUT2D eigenvalue weighted by Gasteiger charge is -2.48. The number of carbonyl (C=O) groups is 3. The number of halogens is 2. The molecular formula is C28H31ClFN5O3. The number of carbonyl (C=O) groups excluding carboxylic acids is 3. The molecule has 2 aromatic heterocycles. The molecule has 0 unspecified atom stereocenters. The SMILES string of the molecule is CC(C)c1cc(-c2ccc(F)c(Cl)c2)nn2cc(C(=O)N3CCN(C(=O)C4CC(C=O)C4)CC3(C)C)nc12. The van der Waals surface area contributed by atoms with Gasteiger partial charge < -0.3 is 14.6 Å². The molecule has 2 fully saturated rings. The third kappa shape index (κ3) is 4.68. The fourth-order valence-corrected chi connectivity index (χ4v) is 5.60. The van der Waals surface area contributed by atoms with Crippen molar-refractivity contribution in [1.82, 2.24) is 24.4 Å². The second kappa shape index (κ2) is 9.76. The van der Waals surface area contributed by atoms with Gasteiger partial charge >= 0.3 is 0 Å². The number of piperazine rings is 1. The van der Waals surface area contributed by atoms with Crippen molar-refractivity contribution in [2.24, 2.45) is 11.8 Å². The van der Waals surface area contributed by atoms with E-state index < -0.39 is 11.4 Å². The largest absolute Gasteiger partial charge is 0.338 e. The van der Waals surface area contributed by atoms with E-state index in [0.29, 0.717) is 49.4 Å². The van der Waals surface area contributed by atoms with Crippen LogP contribution in [0.4, 0.5) is 4.39 Å². The molecule has 2 amide bonds. The van der Waals surface area contributed by atoms with Crippen LogP contribution in [-0.4, -0.2) is 67.7 Å². The summed E-state index contributed by atoms with van der Waals surface area (Å²) in [6.07, 6.45) is 3.77. The Kier molecular flexibility index (Phi) is 6.75. The van der Waals surface area contributed by atoms with Crippen LogP contribution in [0.1, 0.15) is 62.5 Å². The van der Waals surface area contributed by atoms with Crippen LogP contribution < -0.4 is 0 Å². The van der Waals surface area contributed by atoms with E-state index in [9.17, 15) is 18.8 Å². The summed E-state index contributed by atoms with van der Waals surface area (Å²) < 4.78 is 15.3. The monoisotopic (exact) mass is 539 g/mol. The highest BCUT2D eigenvalue weighted by Crippen LogP contribution is 2.35. The summed E-state index contributed by atoms with van der Waals surface area (Å²) in [5.74, 6) is -0.684. The van der Waals surface area contributed by atoms with Crippen LogP contribution in [0.5, 0.6) is 0 Å². The van der Waals surface area contributed by atoms with Crippen LogP contribution in [0, 0.1) is 17.7 Å². The first kappa shape index (κ1) is 26.3. The molecule has 1 saturated carbocycles. The minimum Gasteiger partial charge on any atom is -0.338 e. The Balaban J connectivity index is 1.41. The van der Waals surface area contributed by atoms with Gasteiger partial charge in [-0.2, -0.15) is 5.10 Å². The highest BCUT2D eigenvalue weighted by atomic mass is 35.5. The van der Waals surface area contributed by atoms with E-state index in [2.05, 4.69) is 10.1 Å². The minimum absolute atomic E-state index is 0.0118. The zero-order valence-electron chi connectivity index (χ0n) is 21.9. The average molecular weight is 540 g/mol. The Bertz CT molecular complexity index is 1430. The number of hydrogen-bond acceptors (Lipinski definition) is 5. The lowest BCUT2D eigenvalue weighted by Crippen LogP contribution is -2.63. The van der Waals surface area contributed by atoms with Gasteiger partial charge in [0.2, 0.25) is 5.91 Å². The van der Waals surface area contributed by atoms with Crippen LogP contribution >= 0.6 is 11.6 Å². The summed E-state index contributed by atoms with van der Waals surface area (Å²) >= 11 is 6.00. The third-order valence-electron chi connectivity index (χ3n) is 7.69. The molecular weight excluding hydrogens is 509 g/mol. The number of aldehydes is 1. The Morgan fingerprint density at radius 2 is 1.92 bits per heavy atom. The summed E-state index contributed by atoms with van der Waals surface area (Å²) in [6.45, 7) is 9.20. The van der Waals surface area contributed by atoms with Gasteiger partial charge in [0.05, 0.1) is 22.5 Å². The van der Waals surface area contributed by atoms with Gasteiger partial charge in [-0.15, -0.1) is 0 Å². The molecule has 10 heteroatoms. The van der Waals surface area contributed by atoms with Crippen LogP contribution in [0.3, 0.4) is 0 Å². The van der Waals surface area contributed by atoms with Crippen molar-refractivity contribution in [2.75, 3.05) is 19.6 Å². The Hall–Kier alpha value is -3.33. The molecule has 38 heavy (non-hydrogen) atoms. The number of hydrogen-bond donors (Lipinski definition) is 0. The molecule has 1 aromatic carbocycles. The molecule has 0 spiro atoms. The summed E-state index contributed by atoms with van der Waals surface area (Å²) in [7, 11) is 0. The van der Waals surface area contributed by atoms with Gasteiger partial charge in [0.1, 0.15) is 17.8 Å². The van der Waals surface area contributed by atoms with E-state index in [4.69, 9.17) is 11.6 Å². The number of aromatic nitrogens is 3. The minimum atomic E-state index is -0.598. The van der Waals surface area contributed by atoms with Crippen LogP contribution in [-0.2, 0) is 9.59 Å². The van der Waals surface area contributed by atoms with Gasteiger partial charge in [-0.1, -0.05) is 25.4 Å². The van der Waals surface area contributed by atoms with E-state index in [1.165, 1.54) is 12.1 Å². The summed E-state index contributed by atoms with van der Waals surface area (Å²) in [6, 6.07) is 6.35. The van der Waals surface area contributed by atoms with Crippen molar-refractivity contribution in [3.63, 3.8) is 0 Å². The van der Waals surface area contributed by atoms with Gasteiger partial charge in [0.15, 0.2) is 5.65 Å². The number of fused-ring (bicyclic) bond motifs is 1. The first-order chi connectivity index (χ1) is 18.0. The standard InChI is InChI=1S/C28H31ClFN5O3/c1-16(2)20-12-23(18-5-6-22(30)21(29)11-18)32-35-13-24(31-25(20)35)27(38)34-8-7-33(15-28(34,3)4)26(37)19-9-17(10-19)14-36/h5-6,11-14,16-17,19H,7-10,15H2,1-4H3. The molecule has 1 aliphatic heterocycles. The van der Waals surface area contributed by atoms with Gasteiger partial charge in [0, 0.05) is 42.6 Å². The molecule has 3 heterocycles. The normalized spacial score (nSPS) is 21.0. The smallest absolute Gasteiger partial charge is 0.274 e. The number of amides is 2. The molecule has 2 aliphatic rings. The molecule has 3 aromatic rings. The zero-order valence-corrected chi connectivity index (χ0v) is 22.7. The maximum absolute atomic E-state index is 13.7. The second-order valence-electron chi connectivity index (χ2n) is 11.3. The average Bonchev–Trinajstić information content (AvgIpc) is 3.27. The number of nitrogens with zero attached hydrogens (tertiary/aromatic N) is 5. The van der Waals surface area contributed by atoms with Crippen molar-refractivity contribution < 1.29 is 18.8 Å². The predicted octanol–water partition coefficient (Wildman–Crippen LogP) is 4.60. The fraction of sp³-hybridized carbons (Fsp3) is 0.464. The zero-order chi connectivity index (χ0) is 27.4. The highest BCUT2D eigenvalue weighted by Gasteiger charge is 2.43. The van der Waals surface area contributed by atoms with Crippen molar-refractivity contribution in [3.8, 4) is 11.3 Å². The Morgan fingerprint density at radius 3 is 2.55 bits per heavy atom. The summed E-state index contributed by atoms with van der Waals surface area (Å²) in [5, 5.41) is 4.66. The molecule has 1 aliphatic carbocycles. The number of imidazole rings is 1. The predicted molar refractivity (Wildman–Crippen MR) is 141 cm³/mol. The van der Waals surface area contributed by atoms with Crippen molar-refractivity contribution in [2.45, 2.75) is 52.0 Å². The van der Waals surface area contributed by atoms with Crippen molar-refractivity contribution >= 4 is 35.3 Å². The lowest BCUT2D eigenvalue weighted by molar-refractivity contribution is -0.144. The molecule has 1 saturated heterocycles. The lowest BCUT2D eigenvalue weighted by atomic mass is 9.75. The Labute approximate surface area is 225 Å². The van der Waals surface area contributed by atoms with Crippen LogP contribution in [0.2, 0.25) is 5.02 Å². The molecule has 0 bridgehead atoms. The van der Waals surface area contributed by atoms with E-state index in [1.807, 2.05) is 38.7 Å². The second-order valence-corrected chi connectivity index (χ2v) is 11.7.